The summed E-state index contributed by atoms with van der Waals surface area (Å²) in [6.07, 6.45) is 10.6. The molecule has 1 aromatic heterocycles. The van der Waals surface area contributed by atoms with E-state index in [9.17, 15) is 0 Å². The van der Waals surface area contributed by atoms with Gasteiger partial charge < -0.3 is 5.32 Å². The molecule has 1 aromatic rings. The number of nitrogens with one attached hydrogen (secondary N) is 1. The second-order valence-corrected chi connectivity index (χ2v) is 6.32. The van der Waals surface area contributed by atoms with Crippen LogP contribution in [0.5, 0.6) is 0 Å². The highest BCUT2D eigenvalue weighted by Crippen LogP contribution is 2.33. The Labute approximate surface area is 116 Å². The van der Waals surface area contributed by atoms with Gasteiger partial charge in [-0.2, -0.15) is 0 Å². The second kappa shape index (κ2) is 5.59. The summed E-state index contributed by atoms with van der Waals surface area (Å²) >= 11 is 0. The summed E-state index contributed by atoms with van der Waals surface area (Å²) in [6, 6.07) is 4.90. The molecule has 3 heteroatoms. The van der Waals surface area contributed by atoms with Crippen molar-refractivity contribution in [3.05, 3.63) is 30.1 Å². The standard InChI is InChI=1S/C16H25N3/c1-14-6-10-18-16(7-2-3-8-16)13-19(14)12-15-5-4-9-17-11-15/h4-5,9,11,14,18H,2-3,6-8,10,12-13H2,1H3. The minimum absolute atomic E-state index is 0.396. The van der Waals surface area contributed by atoms with Crippen LogP contribution in [-0.4, -0.2) is 34.6 Å². The lowest BCUT2D eigenvalue weighted by atomic mass is 9.97. The fourth-order valence-corrected chi connectivity index (χ4v) is 3.65. The highest BCUT2D eigenvalue weighted by atomic mass is 15.2. The lowest BCUT2D eigenvalue weighted by Gasteiger charge is -2.35. The number of nitrogens with zero attached hydrogens (tertiary/aromatic N) is 2. The summed E-state index contributed by atoms with van der Waals surface area (Å²) in [4.78, 5) is 6.90. The number of rotatable bonds is 2. The normalized spacial score (nSPS) is 27.5. The predicted molar refractivity (Wildman–Crippen MR) is 77.9 cm³/mol. The van der Waals surface area contributed by atoms with E-state index in [4.69, 9.17) is 0 Å². The third-order valence-corrected chi connectivity index (χ3v) is 4.86. The first kappa shape index (κ1) is 13.1. The van der Waals surface area contributed by atoms with Gasteiger partial charge in [-0.3, -0.25) is 9.88 Å². The first-order valence-corrected chi connectivity index (χ1v) is 7.65. The van der Waals surface area contributed by atoms with Crippen LogP contribution in [0.4, 0.5) is 0 Å². The zero-order chi connectivity index (χ0) is 13.1. The van der Waals surface area contributed by atoms with Crippen LogP contribution in [0.2, 0.25) is 0 Å². The summed E-state index contributed by atoms with van der Waals surface area (Å²) < 4.78 is 0. The molecule has 0 aromatic carbocycles. The Morgan fingerprint density at radius 2 is 2.26 bits per heavy atom. The van der Waals surface area contributed by atoms with Crippen molar-refractivity contribution in [2.45, 2.75) is 57.2 Å². The van der Waals surface area contributed by atoms with Crippen LogP contribution in [0.25, 0.3) is 0 Å². The number of aromatic nitrogens is 1. The Hall–Kier alpha value is -0.930. The second-order valence-electron chi connectivity index (χ2n) is 6.32. The zero-order valence-electron chi connectivity index (χ0n) is 11.9. The van der Waals surface area contributed by atoms with Crippen LogP contribution < -0.4 is 5.32 Å². The van der Waals surface area contributed by atoms with Crippen LogP contribution in [0, 0.1) is 0 Å². The van der Waals surface area contributed by atoms with Crippen LogP contribution in [0.15, 0.2) is 24.5 Å². The van der Waals surface area contributed by atoms with E-state index in [2.05, 4.69) is 28.2 Å². The van der Waals surface area contributed by atoms with E-state index in [1.165, 1.54) is 50.8 Å². The van der Waals surface area contributed by atoms with Gasteiger partial charge in [0.25, 0.3) is 0 Å². The predicted octanol–water partition coefficient (Wildman–Crippen LogP) is 2.58. The molecule has 0 amide bonds. The van der Waals surface area contributed by atoms with Gasteiger partial charge in [-0.1, -0.05) is 18.9 Å². The molecule has 2 aliphatic rings. The Kier molecular flexibility index (Phi) is 3.85. The van der Waals surface area contributed by atoms with Gasteiger partial charge in [-0.05, 0) is 44.4 Å². The van der Waals surface area contributed by atoms with E-state index in [1.807, 2.05) is 18.5 Å². The van der Waals surface area contributed by atoms with Crippen molar-refractivity contribution in [1.82, 2.24) is 15.2 Å². The summed E-state index contributed by atoms with van der Waals surface area (Å²) in [7, 11) is 0. The molecule has 19 heavy (non-hydrogen) atoms. The number of hydrogen-bond acceptors (Lipinski definition) is 3. The molecule has 1 aliphatic heterocycles. The van der Waals surface area contributed by atoms with Crippen molar-refractivity contribution >= 4 is 0 Å². The number of pyridine rings is 1. The summed E-state index contributed by atoms with van der Waals surface area (Å²) in [6.45, 7) is 5.78. The molecule has 2 fully saturated rings. The maximum absolute atomic E-state index is 4.25. The lowest BCUT2D eigenvalue weighted by Crippen LogP contribution is -2.49. The molecule has 0 radical (unpaired) electrons. The maximum atomic E-state index is 4.25. The van der Waals surface area contributed by atoms with Crippen LogP contribution in [0.3, 0.4) is 0 Å². The molecule has 1 N–H and O–H groups in total. The molecule has 0 bridgehead atoms. The quantitative estimate of drug-likeness (QED) is 0.885. The minimum Gasteiger partial charge on any atom is -0.310 e. The van der Waals surface area contributed by atoms with Crippen LogP contribution >= 0.6 is 0 Å². The van der Waals surface area contributed by atoms with Gasteiger partial charge in [0.05, 0.1) is 0 Å². The summed E-state index contributed by atoms with van der Waals surface area (Å²) in [5.74, 6) is 0. The van der Waals surface area contributed by atoms with Crippen LogP contribution in [-0.2, 0) is 6.54 Å². The van der Waals surface area contributed by atoms with Gasteiger partial charge in [-0.15, -0.1) is 0 Å². The van der Waals surface area contributed by atoms with Crippen molar-refractivity contribution in [2.75, 3.05) is 13.1 Å². The Morgan fingerprint density at radius 1 is 1.42 bits per heavy atom. The third kappa shape index (κ3) is 2.98. The molecule has 1 spiro atoms. The van der Waals surface area contributed by atoms with Gasteiger partial charge in [0, 0.05) is 37.1 Å². The minimum atomic E-state index is 0.396. The van der Waals surface area contributed by atoms with Crippen LogP contribution in [0.1, 0.15) is 44.6 Å². The van der Waals surface area contributed by atoms with Gasteiger partial charge in [-0.25, -0.2) is 0 Å². The van der Waals surface area contributed by atoms with E-state index in [-0.39, 0.29) is 0 Å². The molecular formula is C16H25N3. The van der Waals surface area contributed by atoms with Gasteiger partial charge in [0.15, 0.2) is 0 Å². The van der Waals surface area contributed by atoms with Gasteiger partial charge in [0.2, 0.25) is 0 Å². The first-order valence-electron chi connectivity index (χ1n) is 7.65. The summed E-state index contributed by atoms with van der Waals surface area (Å²) in [5, 5.41) is 3.85. The monoisotopic (exact) mass is 259 g/mol. The number of hydrogen-bond donors (Lipinski definition) is 1. The molecule has 104 valence electrons. The van der Waals surface area contributed by atoms with E-state index in [0.29, 0.717) is 11.6 Å². The highest BCUT2D eigenvalue weighted by molar-refractivity contribution is 5.09. The lowest BCUT2D eigenvalue weighted by molar-refractivity contribution is 0.160. The molecule has 3 rings (SSSR count). The van der Waals surface area contributed by atoms with Gasteiger partial charge >= 0.3 is 0 Å². The van der Waals surface area contributed by atoms with Crippen molar-refractivity contribution in [3.8, 4) is 0 Å². The SMILES string of the molecule is CC1CCNC2(CCCC2)CN1Cc1cccnc1. The van der Waals surface area contributed by atoms with E-state index < -0.39 is 0 Å². The Morgan fingerprint density at radius 3 is 3.00 bits per heavy atom. The highest BCUT2D eigenvalue weighted by Gasteiger charge is 2.37. The molecule has 1 aliphatic carbocycles. The average Bonchev–Trinajstić information content (AvgIpc) is 2.81. The largest absolute Gasteiger partial charge is 0.310 e. The van der Waals surface area contributed by atoms with Crippen molar-refractivity contribution in [3.63, 3.8) is 0 Å². The Balaban J connectivity index is 1.73. The van der Waals surface area contributed by atoms with E-state index in [0.717, 1.165) is 6.54 Å². The van der Waals surface area contributed by atoms with Crippen molar-refractivity contribution in [2.24, 2.45) is 0 Å². The first-order chi connectivity index (χ1) is 9.27. The molecule has 1 saturated heterocycles. The van der Waals surface area contributed by atoms with Crippen molar-refractivity contribution in [1.29, 1.82) is 0 Å². The maximum Gasteiger partial charge on any atom is 0.0312 e. The fourth-order valence-electron chi connectivity index (χ4n) is 3.65. The van der Waals surface area contributed by atoms with Crippen molar-refractivity contribution < 1.29 is 0 Å². The average molecular weight is 259 g/mol. The molecule has 2 heterocycles. The topological polar surface area (TPSA) is 28.2 Å². The van der Waals surface area contributed by atoms with Gasteiger partial charge in [0.1, 0.15) is 0 Å². The Bertz CT molecular complexity index is 398. The van der Waals surface area contributed by atoms with E-state index >= 15 is 0 Å². The third-order valence-electron chi connectivity index (χ3n) is 4.86. The fraction of sp³-hybridized carbons (Fsp3) is 0.688. The molecule has 3 nitrogen and oxygen atoms in total. The zero-order valence-corrected chi connectivity index (χ0v) is 11.9. The summed E-state index contributed by atoms with van der Waals surface area (Å²) in [5.41, 5.74) is 1.73. The molecular weight excluding hydrogens is 234 g/mol. The molecule has 1 unspecified atom stereocenters. The molecule has 1 atom stereocenters. The molecule has 1 saturated carbocycles. The van der Waals surface area contributed by atoms with E-state index in [1.54, 1.807) is 0 Å². The smallest absolute Gasteiger partial charge is 0.0312 e.